The number of phenolic OH excluding ortho intramolecular Hbond substituents is 1. The van der Waals surface area contributed by atoms with E-state index in [0.717, 1.165) is 23.3 Å². The molecule has 3 rings (SSSR count). The molecule has 0 aliphatic heterocycles. The standard InChI is InChI=1S/C16H9F3O2/c17-16(18,19)12-3-1-2-11(6-12)15(21)13-7-9-4-5-10(9)8-14(13)20/h1-8,20H. The van der Waals surface area contributed by atoms with Crippen molar-refractivity contribution in [3.63, 3.8) is 0 Å². The van der Waals surface area contributed by atoms with Gasteiger partial charge >= 0.3 is 6.18 Å². The van der Waals surface area contributed by atoms with E-state index in [9.17, 15) is 23.1 Å². The molecular formula is C16H9F3O2. The van der Waals surface area contributed by atoms with E-state index in [2.05, 4.69) is 0 Å². The Bertz CT molecular complexity index is 774. The van der Waals surface area contributed by atoms with Gasteiger partial charge in [0.2, 0.25) is 0 Å². The molecule has 0 radical (unpaired) electrons. The summed E-state index contributed by atoms with van der Waals surface area (Å²) in [5, 5.41) is 9.83. The van der Waals surface area contributed by atoms with Gasteiger partial charge in [-0.25, -0.2) is 0 Å². The molecule has 0 saturated heterocycles. The molecule has 0 heterocycles. The zero-order valence-electron chi connectivity index (χ0n) is 10.6. The van der Waals surface area contributed by atoms with E-state index in [0.29, 0.717) is 0 Å². The van der Waals surface area contributed by atoms with E-state index >= 15 is 0 Å². The maximum absolute atomic E-state index is 12.7. The van der Waals surface area contributed by atoms with Crippen molar-refractivity contribution in [3.8, 4) is 5.75 Å². The fraction of sp³-hybridized carbons (Fsp3) is 0.0625. The lowest BCUT2D eigenvalue weighted by molar-refractivity contribution is -0.137. The highest BCUT2D eigenvalue weighted by Gasteiger charge is 2.31. The summed E-state index contributed by atoms with van der Waals surface area (Å²) in [6.07, 6.45) is -0.979. The van der Waals surface area contributed by atoms with Crippen molar-refractivity contribution in [2.75, 3.05) is 0 Å². The van der Waals surface area contributed by atoms with Crippen molar-refractivity contribution in [1.29, 1.82) is 0 Å². The lowest BCUT2D eigenvalue weighted by atomic mass is 9.91. The molecule has 5 heteroatoms. The summed E-state index contributed by atoms with van der Waals surface area (Å²) in [5.41, 5.74) is 0.577. The zero-order chi connectivity index (χ0) is 15.2. The smallest absolute Gasteiger partial charge is 0.416 e. The quantitative estimate of drug-likeness (QED) is 0.721. The SMILES string of the molecule is O=C(c1cccc(C(F)(F)F)c1)c1cc2c(cc1O)C=C2. The number of hydrogen-bond acceptors (Lipinski definition) is 2. The van der Waals surface area contributed by atoms with Gasteiger partial charge in [0.1, 0.15) is 5.75 Å². The zero-order valence-corrected chi connectivity index (χ0v) is 10.6. The molecular weight excluding hydrogens is 281 g/mol. The summed E-state index contributed by atoms with van der Waals surface area (Å²) in [6.45, 7) is 0. The third-order valence-electron chi connectivity index (χ3n) is 3.34. The van der Waals surface area contributed by atoms with E-state index in [-0.39, 0.29) is 16.9 Å². The number of rotatable bonds is 2. The van der Waals surface area contributed by atoms with Crippen molar-refractivity contribution >= 4 is 17.9 Å². The number of aromatic hydroxyl groups is 1. The number of ketones is 1. The molecule has 0 amide bonds. The van der Waals surface area contributed by atoms with Crippen LogP contribution in [-0.2, 0) is 6.18 Å². The monoisotopic (exact) mass is 290 g/mol. The number of fused-ring (bicyclic) bond motifs is 1. The van der Waals surface area contributed by atoms with Gasteiger partial charge < -0.3 is 5.11 Å². The van der Waals surface area contributed by atoms with Crippen LogP contribution in [0.2, 0.25) is 0 Å². The molecule has 0 spiro atoms. The van der Waals surface area contributed by atoms with Gasteiger partial charge in [-0.1, -0.05) is 24.3 Å². The highest BCUT2D eigenvalue weighted by Crippen LogP contribution is 2.33. The lowest BCUT2D eigenvalue weighted by Crippen LogP contribution is -2.09. The first-order chi connectivity index (χ1) is 9.86. The molecule has 0 unspecified atom stereocenters. The summed E-state index contributed by atoms with van der Waals surface area (Å²) in [7, 11) is 0. The van der Waals surface area contributed by atoms with Crippen LogP contribution in [0.15, 0.2) is 36.4 Å². The summed E-state index contributed by atoms with van der Waals surface area (Å²) in [4.78, 5) is 12.3. The fourth-order valence-electron chi connectivity index (χ4n) is 2.17. The van der Waals surface area contributed by atoms with Gasteiger partial charge in [-0.15, -0.1) is 0 Å². The number of hydrogen-bond donors (Lipinski definition) is 1. The number of carbonyl (C=O) groups excluding carboxylic acids is 1. The van der Waals surface area contributed by atoms with Crippen molar-refractivity contribution in [2.24, 2.45) is 0 Å². The lowest BCUT2D eigenvalue weighted by Gasteiger charge is -2.14. The third-order valence-corrected chi connectivity index (χ3v) is 3.34. The van der Waals surface area contributed by atoms with Crippen LogP contribution in [0.3, 0.4) is 0 Å². The van der Waals surface area contributed by atoms with Crippen molar-refractivity contribution in [1.82, 2.24) is 0 Å². The Morgan fingerprint density at radius 1 is 1.00 bits per heavy atom. The van der Waals surface area contributed by atoms with E-state index in [4.69, 9.17) is 0 Å². The average molecular weight is 290 g/mol. The van der Waals surface area contributed by atoms with Gasteiger partial charge in [-0.2, -0.15) is 13.2 Å². The molecule has 1 aliphatic carbocycles. The predicted octanol–water partition coefficient (Wildman–Crippen LogP) is 4.13. The summed E-state index contributed by atoms with van der Waals surface area (Å²) >= 11 is 0. The van der Waals surface area contributed by atoms with Crippen LogP contribution < -0.4 is 0 Å². The minimum Gasteiger partial charge on any atom is -0.507 e. The Hall–Kier alpha value is -2.56. The van der Waals surface area contributed by atoms with E-state index < -0.39 is 17.5 Å². The van der Waals surface area contributed by atoms with E-state index in [1.54, 1.807) is 12.2 Å². The molecule has 0 bridgehead atoms. The number of halogens is 3. The maximum atomic E-state index is 12.7. The summed E-state index contributed by atoms with van der Waals surface area (Å²) < 4.78 is 38.0. The molecule has 0 fully saturated rings. The van der Waals surface area contributed by atoms with Crippen LogP contribution in [-0.4, -0.2) is 10.9 Å². The van der Waals surface area contributed by atoms with Gasteiger partial charge in [-0.05, 0) is 35.4 Å². The van der Waals surface area contributed by atoms with Crippen LogP contribution in [0.5, 0.6) is 5.75 Å². The molecule has 0 saturated carbocycles. The van der Waals surface area contributed by atoms with Crippen LogP contribution >= 0.6 is 0 Å². The fourth-order valence-corrected chi connectivity index (χ4v) is 2.17. The molecule has 1 N–H and O–H groups in total. The van der Waals surface area contributed by atoms with Crippen LogP contribution in [0.1, 0.15) is 32.6 Å². The first kappa shape index (κ1) is 13.4. The van der Waals surface area contributed by atoms with Crippen molar-refractivity contribution < 1.29 is 23.1 Å². The first-order valence-corrected chi connectivity index (χ1v) is 6.13. The topological polar surface area (TPSA) is 37.3 Å². The van der Waals surface area contributed by atoms with Gasteiger partial charge in [0.25, 0.3) is 0 Å². The van der Waals surface area contributed by atoms with Crippen LogP contribution in [0.4, 0.5) is 13.2 Å². The predicted molar refractivity (Wildman–Crippen MR) is 71.9 cm³/mol. The summed E-state index contributed by atoms with van der Waals surface area (Å²) in [5.74, 6) is -0.873. The molecule has 0 aromatic heterocycles. The molecule has 0 atom stereocenters. The van der Waals surface area contributed by atoms with Crippen LogP contribution in [0, 0.1) is 0 Å². The van der Waals surface area contributed by atoms with Gasteiger partial charge in [0.05, 0.1) is 11.1 Å². The molecule has 1 aliphatic rings. The normalized spacial score (nSPS) is 12.7. The van der Waals surface area contributed by atoms with Gasteiger partial charge in [0.15, 0.2) is 5.78 Å². The number of carbonyl (C=O) groups is 1. The van der Waals surface area contributed by atoms with Crippen molar-refractivity contribution in [3.05, 3.63) is 64.2 Å². The number of phenols is 1. The molecule has 2 aromatic carbocycles. The minimum absolute atomic E-state index is 0.00238. The maximum Gasteiger partial charge on any atom is 0.416 e. The van der Waals surface area contributed by atoms with Gasteiger partial charge in [-0.3, -0.25) is 4.79 Å². The largest absolute Gasteiger partial charge is 0.507 e. The van der Waals surface area contributed by atoms with Crippen LogP contribution in [0.25, 0.3) is 12.2 Å². The highest BCUT2D eigenvalue weighted by atomic mass is 19.4. The average Bonchev–Trinajstić information content (AvgIpc) is 2.41. The number of alkyl halides is 3. The first-order valence-electron chi connectivity index (χ1n) is 6.13. The Morgan fingerprint density at radius 3 is 2.29 bits per heavy atom. The highest BCUT2D eigenvalue weighted by molar-refractivity contribution is 6.11. The van der Waals surface area contributed by atoms with Gasteiger partial charge in [0, 0.05) is 5.56 Å². The van der Waals surface area contributed by atoms with E-state index in [1.165, 1.54) is 24.3 Å². The second kappa shape index (κ2) is 4.48. The Balaban J connectivity index is 2.02. The minimum atomic E-state index is -4.51. The van der Waals surface area contributed by atoms with E-state index in [1.807, 2.05) is 0 Å². The second-order valence-electron chi connectivity index (χ2n) is 4.74. The third kappa shape index (κ3) is 2.31. The second-order valence-corrected chi connectivity index (χ2v) is 4.74. The molecule has 2 nitrogen and oxygen atoms in total. The molecule has 21 heavy (non-hydrogen) atoms. The van der Waals surface area contributed by atoms with Crippen molar-refractivity contribution in [2.45, 2.75) is 6.18 Å². The Labute approximate surface area is 118 Å². The Morgan fingerprint density at radius 2 is 1.67 bits per heavy atom. The number of benzene rings is 2. The molecule has 2 aromatic rings. The summed E-state index contributed by atoms with van der Waals surface area (Å²) in [6, 6.07) is 7.07. The molecule has 106 valence electrons. The Kier molecular flexibility index (Phi) is 2.86.